The van der Waals surface area contributed by atoms with Crippen molar-refractivity contribution in [3.05, 3.63) is 68.2 Å². The highest BCUT2D eigenvalue weighted by Gasteiger charge is 2.28. The van der Waals surface area contributed by atoms with Gasteiger partial charge in [-0.2, -0.15) is 0 Å². The van der Waals surface area contributed by atoms with Crippen LogP contribution in [0, 0.1) is 24.0 Å². The number of aryl methyl sites for hydroxylation is 2. The Hall–Kier alpha value is -5.67. The number of benzene rings is 2. The zero-order valence-electron chi connectivity index (χ0n) is 26.8. The molecule has 2 atom stereocenters. The number of aromatic nitrogens is 2. The van der Waals surface area contributed by atoms with Crippen LogP contribution in [0.1, 0.15) is 37.8 Å². The standard InChI is InChI=1S/C31H36N4O12/c1-8-20(14-44-26(37)13-23(31(39)46-16(2)3)32-25(36)15-45-35(40)41)47-28-17(4)9-19(10-18(28)5)29-33-22-11-21(42-6)12-24(43-7)27(22)30(38)34-29/h9-12,20,23H,2,8,13-15H2,1,3-7H3,(H,32,36)(H,33,34,38). The summed E-state index contributed by atoms with van der Waals surface area (Å²) in [5, 5.41) is 11.6. The van der Waals surface area contributed by atoms with Crippen molar-refractivity contribution in [1.29, 1.82) is 0 Å². The van der Waals surface area contributed by atoms with Crippen molar-refractivity contribution in [1.82, 2.24) is 15.3 Å². The summed E-state index contributed by atoms with van der Waals surface area (Å²) in [5.74, 6) is -1.23. The van der Waals surface area contributed by atoms with Crippen molar-refractivity contribution in [2.75, 3.05) is 27.4 Å². The van der Waals surface area contributed by atoms with Crippen LogP contribution < -0.4 is 25.1 Å². The Morgan fingerprint density at radius 2 is 1.79 bits per heavy atom. The van der Waals surface area contributed by atoms with Gasteiger partial charge < -0.3 is 38.8 Å². The summed E-state index contributed by atoms with van der Waals surface area (Å²) < 4.78 is 27.1. The van der Waals surface area contributed by atoms with E-state index in [-0.39, 0.29) is 23.3 Å². The van der Waals surface area contributed by atoms with Crippen molar-refractivity contribution < 1.29 is 48.0 Å². The molecule has 1 aromatic heterocycles. The number of H-pyrrole nitrogens is 1. The summed E-state index contributed by atoms with van der Waals surface area (Å²) in [6.07, 6.45) is -0.786. The Morgan fingerprint density at radius 3 is 2.36 bits per heavy atom. The lowest BCUT2D eigenvalue weighted by Crippen LogP contribution is -2.45. The summed E-state index contributed by atoms with van der Waals surface area (Å²) in [6, 6.07) is 5.33. The van der Waals surface area contributed by atoms with Crippen LogP contribution in [0.15, 0.2) is 41.4 Å². The minimum absolute atomic E-state index is 0.00331. The lowest BCUT2D eigenvalue weighted by molar-refractivity contribution is -0.754. The highest BCUT2D eigenvalue weighted by molar-refractivity contribution is 5.89. The predicted octanol–water partition coefficient (Wildman–Crippen LogP) is 3.08. The Morgan fingerprint density at radius 1 is 1.11 bits per heavy atom. The van der Waals surface area contributed by atoms with Crippen LogP contribution >= 0.6 is 0 Å². The Bertz CT molecular complexity index is 1710. The smallest absolute Gasteiger partial charge is 0.334 e. The summed E-state index contributed by atoms with van der Waals surface area (Å²) in [6.45, 7) is 9.11. The molecule has 16 nitrogen and oxygen atoms in total. The van der Waals surface area contributed by atoms with Crippen LogP contribution in [0.25, 0.3) is 22.3 Å². The fourth-order valence-electron chi connectivity index (χ4n) is 4.50. The maximum absolute atomic E-state index is 13.0. The van der Waals surface area contributed by atoms with Gasteiger partial charge in [-0.05, 0) is 50.5 Å². The van der Waals surface area contributed by atoms with Crippen molar-refractivity contribution in [2.45, 2.75) is 52.7 Å². The minimum atomic E-state index is -1.52. The van der Waals surface area contributed by atoms with E-state index in [0.717, 1.165) is 11.1 Å². The van der Waals surface area contributed by atoms with E-state index in [1.807, 2.05) is 20.8 Å². The average Bonchev–Trinajstić information content (AvgIpc) is 3.01. The Kier molecular flexibility index (Phi) is 12.2. The van der Waals surface area contributed by atoms with Gasteiger partial charge in [0.25, 0.3) is 10.6 Å². The molecule has 47 heavy (non-hydrogen) atoms. The first-order valence-electron chi connectivity index (χ1n) is 14.3. The monoisotopic (exact) mass is 656 g/mol. The maximum Gasteiger partial charge on any atom is 0.334 e. The molecule has 0 spiro atoms. The van der Waals surface area contributed by atoms with Gasteiger partial charge in [-0.3, -0.25) is 14.4 Å². The Balaban J connectivity index is 1.74. The molecule has 2 N–H and O–H groups in total. The second-order valence-corrected chi connectivity index (χ2v) is 10.4. The van der Waals surface area contributed by atoms with Crippen LogP contribution in [-0.2, 0) is 28.7 Å². The molecule has 2 unspecified atom stereocenters. The number of hydrogen-bond donors (Lipinski definition) is 2. The van der Waals surface area contributed by atoms with Crippen molar-refractivity contribution in [3.8, 4) is 28.6 Å². The number of nitrogens with zero attached hydrogens (tertiary/aromatic N) is 2. The van der Waals surface area contributed by atoms with E-state index in [1.165, 1.54) is 21.1 Å². The second kappa shape index (κ2) is 16.1. The van der Waals surface area contributed by atoms with Gasteiger partial charge in [0.1, 0.15) is 47.2 Å². The largest absolute Gasteiger partial charge is 0.497 e. The molecule has 2 aromatic carbocycles. The predicted molar refractivity (Wildman–Crippen MR) is 166 cm³/mol. The zero-order chi connectivity index (χ0) is 34.8. The molecule has 252 valence electrons. The SMILES string of the molecule is C=C(C)OC(=O)C(CC(=O)OCC(CC)Oc1c(C)cc(-c2nc3cc(OC)cc(OC)c3c(=O)[nH]2)cc1C)NC(=O)CO[N+](=O)[O-]. The number of carbonyl (C=O) groups is 3. The lowest BCUT2D eigenvalue weighted by atomic mass is 10.0. The van der Waals surface area contributed by atoms with Crippen molar-refractivity contribution in [2.24, 2.45) is 0 Å². The van der Waals surface area contributed by atoms with E-state index in [4.69, 9.17) is 23.7 Å². The Labute approximate surface area is 269 Å². The molecule has 3 rings (SSSR count). The normalized spacial score (nSPS) is 12.0. The molecule has 0 fully saturated rings. The molecule has 1 heterocycles. The third kappa shape index (κ3) is 9.66. The first-order chi connectivity index (χ1) is 22.3. The van der Waals surface area contributed by atoms with Gasteiger partial charge in [0, 0.05) is 17.7 Å². The molecule has 0 bridgehead atoms. The number of ether oxygens (including phenoxy) is 5. The van der Waals surface area contributed by atoms with Crippen molar-refractivity contribution >= 4 is 28.7 Å². The molecule has 3 aromatic rings. The summed E-state index contributed by atoms with van der Waals surface area (Å²) in [7, 11) is 2.96. The van der Waals surface area contributed by atoms with Gasteiger partial charge in [0.05, 0.1) is 31.9 Å². The third-order valence-corrected chi connectivity index (χ3v) is 6.67. The van der Waals surface area contributed by atoms with E-state index in [1.54, 1.807) is 24.3 Å². The zero-order valence-corrected chi connectivity index (χ0v) is 26.8. The van der Waals surface area contributed by atoms with Gasteiger partial charge in [-0.1, -0.05) is 13.5 Å². The van der Waals surface area contributed by atoms with Gasteiger partial charge in [0.2, 0.25) is 5.91 Å². The van der Waals surface area contributed by atoms with E-state index in [0.29, 0.717) is 40.6 Å². The number of hydrogen-bond acceptors (Lipinski definition) is 13. The average molecular weight is 657 g/mol. The number of aromatic amines is 1. The van der Waals surface area contributed by atoms with Gasteiger partial charge in [0.15, 0.2) is 6.61 Å². The fourth-order valence-corrected chi connectivity index (χ4v) is 4.50. The third-order valence-electron chi connectivity index (χ3n) is 6.67. The van der Waals surface area contributed by atoms with E-state index in [9.17, 15) is 29.3 Å². The summed E-state index contributed by atoms with van der Waals surface area (Å²) in [4.78, 5) is 71.8. The number of nitrogens with one attached hydrogen (secondary N) is 2. The molecule has 0 aliphatic rings. The molecule has 0 saturated carbocycles. The van der Waals surface area contributed by atoms with Crippen LogP contribution in [-0.4, -0.2) is 72.5 Å². The topological polar surface area (TPSA) is 208 Å². The number of methoxy groups -OCH3 is 2. The van der Waals surface area contributed by atoms with Crippen LogP contribution in [0.3, 0.4) is 0 Å². The number of rotatable bonds is 16. The molecule has 1 amide bonds. The fraction of sp³-hybridized carbons (Fsp3) is 0.387. The minimum Gasteiger partial charge on any atom is -0.497 e. The molecular formula is C31H36N4O12. The second-order valence-electron chi connectivity index (χ2n) is 10.4. The molecule has 0 aliphatic heterocycles. The van der Waals surface area contributed by atoms with E-state index < -0.39 is 48.1 Å². The molecule has 0 saturated heterocycles. The van der Waals surface area contributed by atoms with E-state index >= 15 is 0 Å². The maximum atomic E-state index is 13.0. The van der Waals surface area contributed by atoms with Crippen LogP contribution in [0.5, 0.6) is 17.2 Å². The summed E-state index contributed by atoms with van der Waals surface area (Å²) in [5.41, 5.74) is 2.08. The van der Waals surface area contributed by atoms with E-state index in [2.05, 4.69) is 26.7 Å². The van der Waals surface area contributed by atoms with Gasteiger partial charge >= 0.3 is 11.9 Å². The summed E-state index contributed by atoms with van der Waals surface area (Å²) >= 11 is 0. The lowest BCUT2D eigenvalue weighted by Gasteiger charge is -2.22. The molecular weight excluding hydrogens is 620 g/mol. The van der Waals surface area contributed by atoms with Gasteiger partial charge in [-0.15, -0.1) is 10.1 Å². The first kappa shape index (κ1) is 35.8. The number of esters is 2. The van der Waals surface area contributed by atoms with Gasteiger partial charge in [-0.25, -0.2) is 9.78 Å². The highest BCUT2D eigenvalue weighted by atomic mass is 17.0. The number of amides is 1. The number of fused-ring (bicyclic) bond motifs is 1. The number of allylic oxidation sites excluding steroid dienone is 1. The quantitative estimate of drug-likeness (QED) is 0.0985. The molecule has 16 heteroatoms. The van der Waals surface area contributed by atoms with Crippen LogP contribution in [0.4, 0.5) is 0 Å². The highest BCUT2D eigenvalue weighted by Crippen LogP contribution is 2.32. The van der Waals surface area contributed by atoms with Crippen molar-refractivity contribution in [3.63, 3.8) is 0 Å². The first-order valence-corrected chi connectivity index (χ1v) is 14.3. The molecule has 0 radical (unpaired) electrons. The van der Waals surface area contributed by atoms with Crippen LogP contribution in [0.2, 0.25) is 0 Å². The molecule has 0 aliphatic carbocycles. The number of carbonyl (C=O) groups excluding carboxylic acids is 3.